The summed E-state index contributed by atoms with van der Waals surface area (Å²) >= 11 is 11.8. The van der Waals surface area contributed by atoms with Crippen molar-refractivity contribution in [1.29, 1.82) is 0 Å². The van der Waals surface area contributed by atoms with Crippen LogP contribution >= 0.6 is 23.2 Å². The lowest BCUT2D eigenvalue weighted by Crippen LogP contribution is -1.94. The van der Waals surface area contributed by atoms with E-state index in [1.54, 1.807) is 18.2 Å². The molecule has 88 valence electrons. The predicted molar refractivity (Wildman–Crippen MR) is 65.6 cm³/mol. The smallest absolute Gasteiger partial charge is 0.218 e. The highest BCUT2D eigenvalue weighted by Crippen LogP contribution is 2.27. The van der Waals surface area contributed by atoms with E-state index >= 15 is 0 Å². The van der Waals surface area contributed by atoms with Gasteiger partial charge in [-0.25, -0.2) is 4.98 Å². The number of nitrogens with zero attached hydrogens (tertiary/aromatic N) is 1. The van der Waals surface area contributed by atoms with E-state index in [-0.39, 0.29) is 5.56 Å². The van der Waals surface area contributed by atoms with Crippen molar-refractivity contribution in [2.45, 2.75) is 6.61 Å². The molecular weight excluding hydrogens is 264 g/mol. The Bertz CT molecular complexity index is 540. The summed E-state index contributed by atoms with van der Waals surface area (Å²) in [6.45, 7) is -0.402. The fourth-order valence-corrected chi connectivity index (χ4v) is 2.01. The van der Waals surface area contributed by atoms with Crippen LogP contribution in [-0.2, 0) is 6.61 Å². The van der Waals surface area contributed by atoms with Crippen molar-refractivity contribution < 1.29 is 9.50 Å². The molecule has 0 amide bonds. The molecule has 0 aliphatic heterocycles. The number of benzene rings is 1. The van der Waals surface area contributed by atoms with E-state index in [1.165, 1.54) is 12.3 Å². The largest absolute Gasteiger partial charge is 0.392 e. The molecule has 1 aromatic carbocycles. The Kier molecular flexibility index (Phi) is 3.62. The molecule has 0 atom stereocenters. The zero-order chi connectivity index (χ0) is 12.4. The van der Waals surface area contributed by atoms with E-state index < -0.39 is 12.6 Å². The Morgan fingerprint density at radius 2 is 1.71 bits per heavy atom. The molecular formula is C12H8Cl2FNO. The first-order chi connectivity index (χ1) is 8.10. The molecule has 1 heterocycles. The molecule has 2 nitrogen and oxygen atoms in total. The first-order valence-corrected chi connectivity index (χ1v) is 5.57. The topological polar surface area (TPSA) is 33.1 Å². The molecule has 0 aliphatic carbocycles. The average Bonchev–Trinajstić information content (AvgIpc) is 2.28. The molecule has 2 aromatic rings. The van der Waals surface area contributed by atoms with Gasteiger partial charge in [0.15, 0.2) is 0 Å². The van der Waals surface area contributed by atoms with Gasteiger partial charge >= 0.3 is 0 Å². The van der Waals surface area contributed by atoms with Crippen molar-refractivity contribution >= 4 is 23.2 Å². The minimum Gasteiger partial charge on any atom is -0.392 e. The molecule has 1 aromatic heterocycles. The minimum absolute atomic E-state index is 0.138. The predicted octanol–water partition coefficient (Wildman–Crippen LogP) is 3.69. The average molecular weight is 272 g/mol. The zero-order valence-electron chi connectivity index (χ0n) is 8.62. The Morgan fingerprint density at radius 1 is 1.06 bits per heavy atom. The molecule has 0 saturated carbocycles. The summed E-state index contributed by atoms with van der Waals surface area (Å²) in [6.07, 6.45) is 1.37. The van der Waals surface area contributed by atoms with Gasteiger partial charge in [0.05, 0.1) is 6.61 Å². The number of aliphatic hydroxyl groups is 1. The van der Waals surface area contributed by atoms with E-state index in [9.17, 15) is 4.39 Å². The van der Waals surface area contributed by atoms with Gasteiger partial charge in [0, 0.05) is 27.4 Å². The van der Waals surface area contributed by atoms with E-state index in [0.717, 1.165) is 5.56 Å². The maximum absolute atomic E-state index is 13.1. The second-order valence-electron chi connectivity index (χ2n) is 3.49. The molecule has 0 aliphatic rings. The van der Waals surface area contributed by atoms with Crippen molar-refractivity contribution in [1.82, 2.24) is 4.98 Å². The van der Waals surface area contributed by atoms with Crippen molar-refractivity contribution in [3.8, 4) is 11.1 Å². The lowest BCUT2D eigenvalue weighted by molar-refractivity contribution is 0.274. The van der Waals surface area contributed by atoms with Gasteiger partial charge in [0.25, 0.3) is 0 Å². The summed E-state index contributed by atoms with van der Waals surface area (Å²) in [5.74, 6) is -0.677. The van der Waals surface area contributed by atoms with E-state index in [4.69, 9.17) is 28.3 Å². The number of rotatable bonds is 2. The van der Waals surface area contributed by atoms with Crippen LogP contribution < -0.4 is 0 Å². The van der Waals surface area contributed by atoms with Crippen molar-refractivity contribution in [3.63, 3.8) is 0 Å². The molecule has 0 spiro atoms. The standard InChI is InChI=1S/C12H8Cl2FNO/c13-10-2-7(3-11(14)4-10)8-1-9(6-17)12(15)16-5-8/h1-5,17H,6H2. The van der Waals surface area contributed by atoms with Crippen LogP contribution in [0.3, 0.4) is 0 Å². The van der Waals surface area contributed by atoms with Gasteiger partial charge in [-0.1, -0.05) is 23.2 Å². The van der Waals surface area contributed by atoms with Crippen LogP contribution in [-0.4, -0.2) is 10.1 Å². The monoisotopic (exact) mass is 271 g/mol. The third kappa shape index (κ3) is 2.75. The normalized spacial score (nSPS) is 10.6. The van der Waals surface area contributed by atoms with E-state index in [1.807, 2.05) is 0 Å². The molecule has 17 heavy (non-hydrogen) atoms. The van der Waals surface area contributed by atoms with Crippen molar-refractivity contribution in [2.75, 3.05) is 0 Å². The lowest BCUT2D eigenvalue weighted by Gasteiger charge is -2.05. The minimum atomic E-state index is -0.677. The second kappa shape index (κ2) is 5.00. The summed E-state index contributed by atoms with van der Waals surface area (Å²) in [5.41, 5.74) is 1.52. The van der Waals surface area contributed by atoms with Crippen LogP contribution in [0.2, 0.25) is 10.0 Å². The van der Waals surface area contributed by atoms with Gasteiger partial charge in [-0.2, -0.15) is 4.39 Å². The Balaban J connectivity index is 2.52. The van der Waals surface area contributed by atoms with Gasteiger partial charge in [-0.15, -0.1) is 0 Å². The number of hydrogen-bond acceptors (Lipinski definition) is 2. The van der Waals surface area contributed by atoms with Gasteiger partial charge in [0.2, 0.25) is 5.95 Å². The maximum Gasteiger partial charge on any atom is 0.218 e. The Hall–Kier alpha value is -1.16. The third-order valence-corrected chi connectivity index (χ3v) is 2.71. The summed E-state index contributed by atoms with van der Waals surface area (Å²) in [5, 5.41) is 9.94. The maximum atomic E-state index is 13.1. The quantitative estimate of drug-likeness (QED) is 0.846. The number of aliphatic hydroxyl groups excluding tert-OH is 1. The summed E-state index contributed by atoms with van der Waals surface area (Å²) in [6, 6.07) is 6.52. The number of halogens is 3. The third-order valence-electron chi connectivity index (χ3n) is 2.28. The molecule has 0 bridgehead atoms. The van der Waals surface area contributed by atoms with E-state index in [0.29, 0.717) is 15.6 Å². The fraction of sp³-hybridized carbons (Fsp3) is 0.0833. The molecule has 5 heteroatoms. The number of aromatic nitrogens is 1. The van der Waals surface area contributed by atoms with Gasteiger partial charge < -0.3 is 5.11 Å². The molecule has 0 fully saturated rings. The van der Waals surface area contributed by atoms with Gasteiger partial charge in [0.1, 0.15) is 0 Å². The first-order valence-electron chi connectivity index (χ1n) is 4.82. The lowest BCUT2D eigenvalue weighted by atomic mass is 10.1. The summed E-state index contributed by atoms with van der Waals surface area (Å²) in [4.78, 5) is 3.57. The van der Waals surface area contributed by atoms with Crippen LogP contribution in [0.1, 0.15) is 5.56 Å². The Labute approximate surface area is 108 Å². The van der Waals surface area contributed by atoms with Crippen LogP contribution in [0.5, 0.6) is 0 Å². The number of pyridine rings is 1. The summed E-state index contributed by atoms with van der Waals surface area (Å²) < 4.78 is 13.1. The van der Waals surface area contributed by atoms with Crippen LogP contribution in [0, 0.1) is 5.95 Å². The first kappa shape index (κ1) is 12.3. The van der Waals surface area contributed by atoms with Crippen LogP contribution in [0.4, 0.5) is 4.39 Å². The molecule has 0 unspecified atom stereocenters. The highest BCUT2D eigenvalue weighted by molar-refractivity contribution is 6.35. The molecule has 1 N–H and O–H groups in total. The van der Waals surface area contributed by atoms with Gasteiger partial charge in [-0.05, 0) is 29.8 Å². The zero-order valence-corrected chi connectivity index (χ0v) is 10.1. The number of hydrogen-bond donors (Lipinski definition) is 1. The molecule has 0 saturated heterocycles. The highest BCUT2D eigenvalue weighted by atomic mass is 35.5. The van der Waals surface area contributed by atoms with Crippen LogP contribution in [0.25, 0.3) is 11.1 Å². The van der Waals surface area contributed by atoms with Gasteiger partial charge in [-0.3, -0.25) is 0 Å². The SMILES string of the molecule is OCc1cc(-c2cc(Cl)cc(Cl)c2)cnc1F. The fourth-order valence-electron chi connectivity index (χ4n) is 1.48. The molecule has 2 rings (SSSR count). The highest BCUT2D eigenvalue weighted by Gasteiger charge is 2.07. The van der Waals surface area contributed by atoms with Crippen molar-refractivity contribution in [3.05, 3.63) is 52.0 Å². The second-order valence-corrected chi connectivity index (χ2v) is 4.36. The van der Waals surface area contributed by atoms with Crippen molar-refractivity contribution in [2.24, 2.45) is 0 Å². The van der Waals surface area contributed by atoms with E-state index in [2.05, 4.69) is 4.98 Å². The Morgan fingerprint density at radius 3 is 2.29 bits per heavy atom. The molecule has 0 radical (unpaired) electrons. The summed E-state index contributed by atoms with van der Waals surface area (Å²) in [7, 11) is 0. The van der Waals surface area contributed by atoms with Crippen LogP contribution in [0.15, 0.2) is 30.5 Å².